The number of benzene rings is 2. The SMILES string of the molecule is COc1cc([C@H]2N[C@H](C(=O)O)CS2)cc(Cl)c1OCc1ccc(Cl)cc1Cl. The van der Waals surface area contributed by atoms with Crippen LogP contribution in [0, 0.1) is 0 Å². The molecule has 5 nitrogen and oxygen atoms in total. The summed E-state index contributed by atoms with van der Waals surface area (Å²) >= 11 is 20.0. The van der Waals surface area contributed by atoms with Gasteiger partial charge in [-0.2, -0.15) is 0 Å². The molecule has 1 aliphatic heterocycles. The second kappa shape index (κ2) is 8.80. The van der Waals surface area contributed by atoms with Crippen LogP contribution in [0.25, 0.3) is 0 Å². The van der Waals surface area contributed by atoms with Gasteiger partial charge < -0.3 is 14.6 Å². The number of methoxy groups -OCH3 is 1. The van der Waals surface area contributed by atoms with Crippen LogP contribution in [0.3, 0.4) is 0 Å². The number of halogens is 3. The summed E-state index contributed by atoms with van der Waals surface area (Å²) in [6.07, 6.45) is 0. The molecule has 0 amide bonds. The Morgan fingerprint density at radius 2 is 2.04 bits per heavy atom. The van der Waals surface area contributed by atoms with Gasteiger partial charge in [0.2, 0.25) is 0 Å². The van der Waals surface area contributed by atoms with Gasteiger partial charge in [0.25, 0.3) is 0 Å². The smallest absolute Gasteiger partial charge is 0.321 e. The number of aliphatic carboxylic acids is 1. The lowest BCUT2D eigenvalue weighted by Gasteiger charge is -2.17. The van der Waals surface area contributed by atoms with Crippen molar-refractivity contribution < 1.29 is 19.4 Å². The van der Waals surface area contributed by atoms with E-state index in [1.54, 1.807) is 30.3 Å². The quantitative estimate of drug-likeness (QED) is 0.646. The molecule has 27 heavy (non-hydrogen) atoms. The Morgan fingerprint density at radius 1 is 1.26 bits per heavy atom. The van der Waals surface area contributed by atoms with Crippen LogP contribution >= 0.6 is 46.6 Å². The Hall–Kier alpha value is -1.31. The summed E-state index contributed by atoms with van der Waals surface area (Å²) in [4.78, 5) is 11.1. The fraction of sp³-hybridized carbons (Fsp3) is 0.278. The third-order valence-corrected chi connectivity index (χ3v) is 6.16. The van der Waals surface area contributed by atoms with Gasteiger partial charge in [0.05, 0.1) is 17.5 Å². The molecule has 9 heteroatoms. The molecule has 2 atom stereocenters. The van der Waals surface area contributed by atoms with Crippen LogP contribution < -0.4 is 14.8 Å². The first-order chi connectivity index (χ1) is 12.9. The second-order valence-electron chi connectivity index (χ2n) is 5.83. The number of hydrogen-bond acceptors (Lipinski definition) is 5. The van der Waals surface area contributed by atoms with Crippen molar-refractivity contribution in [2.75, 3.05) is 12.9 Å². The van der Waals surface area contributed by atoms with Gasteiger partial charge in [-0.3, -0.25) is 10.1 Å². The molecule has 0 aromatic heterocycles. The lowest BCUT2D eigenvalue weighted by Crippen LogP contribution is -2.33. The molecule has 1 fully saturated rings. The molecule has 0 radical (unpaired) electrons. The lowest BCUT2D eigenvalue weighted by atomic mass is 10.1. The van der Waals surface area contributed by atoms with E-state index in [-0.39, 0.29) is 12.0 Å². The van der Waals surface area contributed by atoms with Crippen molar-refractivity contribution in [3.63, 3.8) is 0 Å². The van der Waals surface area contributed by atoms with Gasteiger partial charge in [-0.1, -0.05) is 40.9 Å². The summed E-state index contributed by atoms with van der Waals surface area (Å²) in [5.41, 5.74) is 1.59. The number of carboxylic acid groups (broad SMARTS) is 1. The van der Waals surface area contributed by atoms with Crippen molar-refractivity contribution in [1.29, 1.82) is 0 Å². The molecule has 1 aliphatic rings. The summed E-state index contributed by atoms with van der Waals surface area (Å²) in [6, 6.07) is 8.11. The minimum Gasteiger partial charge on any atom is -0.493 e. The van der Waals surface area contributed by atoms with E-state index in [0.29, 0.717) is 32.3 Å². The number of rotatable bonds is 6. The van der Waals surface area contributed by atoms with Crippen molar-refractivity contribution in [1.82, 2.24) is 5.32 Å². The molecule has 144 valence electrons. The number of hydrogen-bond donors (Lipinski definition) is 2. The molecule has 0 unspecified atom stereocenters. The highest BCUT2D eigenvalue weighted by Gasteiger charge is 2.31. The van der Waals surface area contributed by atoms with E-state index in [0.717, 1.165) is 11.1 Å². The fourth-order valence-electron chi connectivity index (χ4n) is 2.63. The van der Waals surface area contributed by atoms with Gasteiger partial charge in [-0.05, 0) is 29.8 Å². The molecule has 1 saturated heterocycles. The average molecular weight is 449 g/mol. The molecule has 0 spiro atoms. The van der Waals surface area contributed by atoms with E-state index in [1.807, 2.05) is 0 Å². The molecule has 3 rings (SSSR count). The van der Waals surface area contributed by atoms with Gasteiger partial charge in [-0.15, -0.1) is 11.8 Å². The van der Waals surface area contributed by atoms with Gasteiger partial charge in [0.15, 0.2) is 11.5 Å². The topological polar surface area (TPSA) is 67.8 Å². The Bertz CT molecular complexity index is 865. The molecule has 2 N–H and O–H groups in total. The maximum Gasteiger partial charge on any atom is 0.321 e. The first-order valence-electron chi connectivity index (χ1n) is 7.93. The molecule has 0 saturated carbocycles. The van der Waals surface area contributed by atoms with Crippen molar-refractivity contribution >= 4 is 52.5 Å². The zero-order chi connectivity index (χ0) is 19.6. The highest BCUT2D eigenvalue weighted by atomic mass is 35.5. The van der Waals surface area contributed by atoms with Crippen molar-refractivity contribution in [3.8, 4) is 11.5 Å². The molecule has 0 bridgehead atoms. The molecule has 2 aromatic carbocycles. The van der Waals surface area contributed by atoms with Crippen LogP contribution in [0.2, 0.25) is 15.1 Å². The molecular formula is C18H16Cl3NO4S. The summed E-state index contributed by atoms with van der Waals surface area (Å²) < 4.78 is 11.3. The summed E-state index contributed by atoms with van der Waals surface area (Å²) in [5.74, 6) is 0.464. The van der Waals surface area contributed by atoms with Crippen molar-refractivity contribution in [2.45, 2.75) is 18.0 Å². The number of carboxylic acids is 1. The fourth-order valence-corrected chi connectivity index (χ4v) is 4.58. The molecule has 1 heterocycles. The zero-order valence-electron chi connectivity index (χ0n) is 14.2. The maximum absolute atomic E-state index is 11.1. The Balaban J connectivity index is 1.79. The van der Waals surface area contributed by atoms with Gasteiger partial charge in [0, 0.05) is 21.4 Å². The van der Waals surface area contributed by atoms with Crippen LogP contribution in [0.4, 0.5) is 0 Å². The zero-order valence-corrected chi connectivity index (χ0v) is 17.3. The first-order valence-corrected chi connectivity index (χ1v) is 10.1. The van der Waals surface area contributed by atoms with Crippen LogP contribution in [-0.4, -0.2) is 30.0 Å². The lowest BCUT2D eigenvalue weighted by molar-refractivity contribution is -0.138. The third kappa shape index (κ3) is 4.76. The van der Waals surface area contributed by atoms with E-state index in [2.05, 4.69) is 5.32 Å². The van der Waals surface area contributed by atoms with Crippen LogP contribution in [0.1, 0.15) is 16.5 Å². The first kappa shape index (κ1) is 20.4. The largest absolute Gasteiger partial charge is 0.493 e. The van der Waals surface area contributed by atoms with Gasteiger partial charge >= 0.3 is 5.97 Å². The predicted molar refractivity (Wildman–Crippen MR) is 109 cm³/mol. The van der Waals surface area contributed by atoms with Crippen molar-refractivity contribution in [3.05, 3.63) is 56.5 Å². The average Bonchev–Trinajstić information content (AvgIpc) is 3.12. The van der Waals surface area contributed by atoms with Crippen LogP contribution in [0.5, 0.6) is 11.5 Å². The number of carbonyl (C=O) groups is 1. The normalized spacial score (nSPS) is 19.1. The third-order valence-electron chi connectivity index (χ3n) is 4.02. The summed E-state index contributed by atoms with van der Waals surface area (Å²) in [7, 11) is 1.52. The Labute approximate surface area is 175 Å². The highest BCUT2D eigenvalue weighted by Crippen LogP contribution is 2.42. The van der Waals surface area contributed by atoms with E-state index >= 15 is 0 Å². The maximum atomic E-state index is 11.1. The Kier molecular flexibility index (Phi) is 6.65. The van der Waals surface area contributed by atoms with Gasteiger partial charge in [-0.25, -0.2) is 0 Å². The molecular weight excluding hydrogens is 433 g/mol. The second-order valence-corrected chi connectivity index (χ2v) is 8.22. The van der Waals surface area contributed by atoms with E-state index in [4.69, 9.17) is 49.4 Å². The van der Waals surface area contributed by atoms with Gasteiger partial charge in [0.1, 0.15) is 12.6 Å². The van der Waals surface area contributed by atoms with E-state index in [1.165, 1.54) is 18.9 Å². The molecule has 2 aromatic rings. The summed E-state index contributed by atoms with van der Waals surface area (Å²) in [6.45, 7) is 0.197. The van der Waals surface area contributed by atoms with E-state index in [9.17, 15) is 4.79 Å². The number of thioether (sulfide) groups is 1. The highest BCUT2D eigenvalue weighted by molar-refractivity contribution is 7.99. The standard InChI is InChI=1S/C18H16Cl3NO4S/c1-25-15-5-10(17-22-14(8-27-17)18(23)24)4-13(21)16(15)26-7-9-2-3-11(19)6-12(9)20/h2-6,14,17,22H,7-8H2,1H3,(H,23,24)/t14-,17-/m0/s1. The minimum atomic E-state index is -0.872. The van der Waals surface area contributed by atoms with Crippen molar-refractivity contribution in [2.24, 2.45) is 0 Å². The Morgan fingerprint density at radius 3 is 2.67 bits per heavy atom. The van der Waals surface area contributed by atoms with Crippen LogP contribution in [0.15, 0.2) is 30.3 Å². The predicted octanol–water partition coefficient (Wildman–Crippen LogP) is 5.02. The van der Waals surface area contributed by atoms with E-state index < -0.39 is 12.0 Å². The number of ether oxygens (including phenoxy) is 2. The monoisotopic (exact) mass is 447 g/mol. The van der Waals surface area contributed by atoms with Crippen LogP contribution in [-0.2, 0) is 11.4 Å². The summed E-state index contributed by atoms with van der Waals surface area (Å²) in [5, 5.41) is 13.4. The minimum absolute atomic E-state index is 0.183. The number of nitrogens with one attached hydrogen (secondary N) is 1. The molecule has 0 aliphatic carbocycles.